The molecule has 2 heterocycles. The molecule has 1 aromatic rings. The average molecular weight is 668 g/mol. The molecule has 8 aliphatic rings. The summed E-state index contributed by atoms with van der Waals surface area (Å²) < 4.78 is 5.77. The summed E-state index contributed by atoms with van der Waals surface area (Å²) in [6.45, 7) is 6.23. The van der Waals surface area contributed by atoms with Crippen molar-refractivity contribution in [1.82, 2.24) is 25.4 Å². The molecule has 7 saturated carbocycles. The van der Waals surface area contributed by atoms with Gasteiger partial charge in [-0.1, -0.05) is 20.3 Å². The summed E-state index contributed by atoms with van der Waals surface area (Å²) in [4.78, 5) is 73.3. The SMILES string of the molecule is CC(=O)O[C@H](C[C@H](C(C)C)N(C)C(=O)[C@@H](NC(=O)[C@H]1CCCCN1C)C1CC1)c1nc(C(=O)NC23C4C5C2C2C3C4C52C(=O)O)cs1. The first-order valence-electron chi connectivity index (χ1n) is 17.3. The first-order chi connectivity index (χ1) is 22.3. The lowest BCUT2D eigenvalue weighted by Gasteiger charge is -3.09. The number of ether oxygens (including phenoxy) is 1. The van der Waals surface area contributed by atoms with Crippen LogP contribution in [-0.4, -0.2) is 93.9 Å². The largest absolute Gasteiger partial charge is 0.481 e. The minimum absolute atomic E-state index is 0.00705. The van der Waals surface area contributed by atoms with Crippen LogP contribution in [0.3, 0.4) is 0 Å². The molecule has 7 aliphatic carbocycles. The summed E-state index contributed by atoms with van der Waals surface area (Å²) in [5.74, 6) is -0.0368. The number of likely N-dealkylation sites (tertiary alicyclic amines) is 1. The molecule has 12 nitrogen and oxygen atoms in total. The van der Waals surface area contributed by atoms with Crippen molar-refractivity contribution in [3.63, 3.8) is 0 Å². The van der Waals surface area contributed by atoms with E-state index < -0.39 is 29.5 Å². The molecule has 9 rings (SSSR count). The summed E-state index contributed by atoms with van der Waals surface area (Å²) in [6, 6.07) is -1.15. The van der Waals surface area contributed by atoms with Crippen molar-refractivity contribution in [1.29, 1.82) is 0 Å². The fraction of sp³-hybridized carbons (Fsp3) is 0.765. The fourth-order valence-corrected chi connectivity index (χ4v) is 12.2. The van der Waals surface area contributed by atoms with Crippen molar-refractivity contribution in [2.24, 2.45) is 52.8 Å². The minimum Gasteiger partial charge on any atom is -0.481 e. The van der Waals surface area contributed by atoms with Gasteiger partial charge in [-0.2, -0.15) is 0 Å². The van der Waals surface area contributed by atoms with E-state index in [9.17, 15) is 29.1 Å². The number of likely N-dealkylation sites (N-methyl/N-ethyl adjacent to an activating group) is 2. The number of piperidine rings is 1. The maximum Gasteiger partial charge on any atom is 0.310 e. The minimum atomic E-state index is -0.759. The highest BCUT2D eigenvalue weighted by Gasteiger charge is 3.12. The van der Waals surface area contributed by atoms with Gasteiger partial charge in [0.1, 0.15) is 16.7 Å². The van der Waals surface area contributed by atoms with Gasteiger partial charge in [0.15, 0.2) is 6.10 Å². The van der Waals surface area contributed by atoms with E-state index >= 15 is 0 Å². The maximum atomic E-state index is 14.0. The number of carboxylic acid groups (broad SMARTS) is 1. The lowest BCUT2D eigenvalue weighted by atomic mass is 8.94. The number of carboxylic acids is 1. The van der Waals surface area contributed by atoms with Gasteiger partial charge in [0.05, 0.1) is 17.0 Å². The van der Waals surface area contributed by atoms with Gasteiger partial charge in [-0.3, -0.25) is 28.9 Å². The van der Waals surface area contributed by atoms with Gasteiger partial charge in [-0.15, -0.1) is 11.3 Å². The predicted octanol–water partition coefficient (Wildman–Crippen LogP) is 2.30. The molecule has 0 spiro atoms. The normalized spacial score (nSPS) is 38.6. The van der Waals surface area contributed by atoms with Crippen LogP contribution in [0.4, 0.5) is 0 Å². The Morgan fingerprint density at radius 3 is 2.30 bits per heavy atom. The highest BCUT2D eigenvalue weighted by atomic mass is 32.1. The summed E-state index contributed by atoms with van der Waals surface area (Å²) in [5, 5.41) is 18.3. The number of rotatable bonds is 13. The molecule has 1 aliphatic heterocycles. The van der Waals surface area contributed by atoms with Gasteiger partial charge in [-0.05, 0) is 86.6 Å². The van der Waals surface area contributed by atoms with Crippen LogP contribution in [0.1, 0.15) is 80.9 Å². The average Bonchev–Trinajstić information content (AvgIpc) is 3.75. The zero-order valence-corrected chi connectivity index (χ0v) is 28.4. The zero-order valence-electron chi connectivity index (χ0n) is 27.6. The van der Waals surface area contributed by atoms with Crippen molar-refractivity contribution in [3.8, 4) is 0 Å². The molecule has 0 aromatic carbocycles. The van der Waals surface area contributed by atoms with Crippen LogP contribution in [-0.2, 0) is 23.9 Å². The van der Waals surface area contributed by atoms with Crippen LogP contribution in [0.15, 0.2) is 5.38 Å². The quantitative estimate of drug-likeness (QED) is 0.269. The number of thiazole rings is 1. The molecule has 8 fully saturated rings. The third kappa shape index (κ3) is 3.95. The molecule has 0 bridgehead atoms. The first kappa shape index (κ1) is 31.2. The maximum absolute atomic E-state index is 14.0. The number of carbonyl (C=O) groups is 5. The van der Waals surface area contributed by atoms with E-state index in [4.69, 9.17) is 4.74 Å². The van der Waals surface area contributed by atoms with E-state index in [0.29, 0.717) is 11.4 Å². The highest BCUT2D eigenvalue weighted by Crippen LogP contribution is 3.07. The van der Waals surface area contributed by atoms with Crippen molar-refractivity contribution in [3.05, 3.63) is 16.1 Å². The molecule has 254 valence electrons. The van der Waals surface area contributed by atoms with Gasteiger partial charge in [-0.25, -0.2) is 4.98 Å². The summed E-state index contributed by atoms with van der Waals surface area (Å²) in [7, 11) is 3.71. The van der Waals surface area contributed by atoms with Crippen LogP contribution in [0.5, 0.6) is 0 Å². The first-order valence-corrected chi connectivity index (χ1v) is 18.2. The Hall–Kier alpha value is -3.06. The van der Waals surface area contributed by atoms with Crippen molar-refractivity contribution in [2.75, 3.05) is 20.6 Å². The third-order valence-electron chi connectivity index (χ3n) is 13.5. The predicted molar refractivity (Wildman–Crippen MR) is 169 cm³/mol. The van der Waals surface area contributed by atoms with Gasteiger partial charge in [0, 0.05) is 31.8 Å². The Bertz CT molecular complexity index is 1500. The van der Waals surface area contributed by atoms with Crippen LogP contribution in [0.2, 0.25) is 0 Å². The lowest BCUT2D eigenvalue weighted by Crippen LogP contribution is -3.16. The number of carbonyl (C=O) groups excluding carboxylic acids is 4. The number of hydrogen-bond acceptors (Lipinski definition) is 9. The summed E-state index contributed by atoms with van der Waals surface area (Å²) in [6.07, 6.45) is 4.17. The molecule has 47 heavy (non-hydrogen) atoms. The van der Waals surface area contributed by atoms with Gasteiger partial charge >= 0.3 is 11.9 Å². The van der Waals surface area contributed by atoms with Crippen LogP contribution >= 0.6 is 11.3 Å². The van der Waals surface area contributed by atoms with Gasteiger partial charge in [0.2, 0.25) is 11.8 Å². The second-order valence-corrected chi connectivity index (χ2v) is 16.7. The van der Waals surface area contributed by atoms with E-state index in [1.807, 2.05) is 20.9 Å². The summed E-state index contributed by atoms with van der Waals surface area (Å²) in [5.41, 5.74) is -0.479. The number of aliphatic carboxylic acids is 1. The zero-order chi connectivity index (χ0) is 33.3. The highest BCUT2D eigenvalue weighted by molar-refractivity contribution is 7.09. The monoisotopic (exact) mass is 667 g/mol. The number of hydrogen-bond donors (Lipinski definition) is 3. The molecule has 3 amide bonds. The summed E-state index contributed by atoms with van der Waals surface area (Å²) >= 11 is 1.26. The van der Waals surface area contributed by atoms with Crippen molar-refractivity contribution >= 4 is 41.0 Å². The Kier molecular flexibility index (Phi) is 6.95. The third-order valence-corrected chi connectivity index (χ3v) is 14.4. The molecule has 0 unspecified atom stereocenters. The molecule has 4 atom stereocenters. The van der Waals surface area contributed by atoms with E-state index in [0.717, 1.165) is 38.6 Å². The molecular weight excluding hydrogens is 622 g/mol. The Morgan fingerprint density at radius 2 is 1.74 bits per heavy atom. The Morgan fingerprint density at radius 1 is 1.09 bits per heavy atom. The molecule has 1 saturated heterocycles. The lowest BCUT2D eigenvalue weighted by molar-refractivity contribution is -0.609. The van der Waals surface area contributed by atoms with Gasteiger partial charge in [0.25, 0.3) is 5.91 Å². The smallest absolute Gasteiger partial charge is 0.310 e. The Balaban J connectivity index is 0.939. The molecule has 13 heteroatoms. The van der Waals surface area contributed by atoms with Crippen molar-refractivity contribution < 1.29 is 33.8 Å². The molecule has 1 aromatic heterocycles. The number of esters is 1. The molecule has 0 radical (unpaired) electrons. The van der Waals surface area contributed by atoms with Gasteiger partial charge < -0.3 is 25.4 Å². The van der Waals surface area contributed by atoms with E-state index in [2.05, 4.69) is 20.5 Å². The number of aromatic nitrogens is 1. The van der Waals surface area contributed by atoms with Crippen molar-refractivity contribution in [2.45, 2.75) is 89.1 Å². The molecule has 3 N–H and O–H groups in total. The Labute approximate surface area is 278 Å². The standard InChI is InChI=1S/C34H45N5O7S/c1-14(2)19(39(5)31(43)27(16-9-10-16)36-29(42)18-8-6-7-11-38(18)4)12-20(46-15(3)40)30-35-17(13-47-30)28(41)37-34-24-21-25(34)23-26(34)22(24)33(21,23)32(44)45/h13-14,16,18-27H,6-12H2,1-5H3,(H,36,42)(H,37,41)(H,44,45)/t18-,19-,20-,21?,22?,23?,24?,25?,26?,27+,33?,34?/m1/s1. The van der Waals surface area contributed by atoms with Crippen LogP contribution < -0.4 is 10.6 Å². The second kappa shape index (κ2) is 10.5. The number of nitrogens with zero attached hydrogens (tertiary/aromatic N) is 3. The number of amides is 3. The van der Waals surface area contributed by atoms with E-state index in [1.165, 1.54) is 18.3 Å². The topological polar surface area (TPSA) is 158 Å². The second-order valence-electron chi connectivity index (χ2n) is 15.8. The number of nitrogens with one attached hydrogen (secondary N) is 2. The van der Waals surface area contributed by atoms with E-state index in [-0.39, 0.29) is 88.4 Å². The van der Waals surface area contributed by atoms with Crippen LogP contribution in [0, 0.1) is 52.8 Å². The fourth-order valence-electron chi connectivity index (χ4n) is 11.4. The molecular formula is C34H45N5O7S. The van der Waals surface area contributed by atoms with E-state index in [1.54, 1.807) is 17.3 Å². The van der Waals surface area contributed by atoms with Crippen LogP contribution in [0.25, 0.3) is 0 Å².